The van der Waals surface area contributed by atoms with Crippen molar-refractivity contribution in [2.24, 2.45) is 0 Å². The summed E-state index contributed by atoms with van der Waals surface area (Å²) in [5.41, 5.74) is 3.04. The lowest BCUT2D eigenvalue weighted by atomic mass is 10.1. The van der Waals surface area contributed by atoms with E-state index >= 15 is 0 Å². The van der Waals surface area contributed by atoms with E-state index in [1.165, 1.54) is 0 Å². The Hall–Kier alpha value is -3.09. The molecule has 0 spiro atoms. The Kier molecular flexibility index (Phi) is 6.41. The summed E-state index contributed by atoms with van der Waals surface area (Å²) in [4.78, 5) is 4.07. The van der Waals surface area contributed by atoms with E-state index < -0.39 is 6.10 Å². The molecule has 1 atom stereocenters. The van der Waals surface area contributed by atoms with Crippen LogP contribution in [0.3, 0.4) is 0 Å². The van der Waals surface area contributed by atoms with Crippen LogP contribution in [-0.4, -0.2) is 22.8 Å². The molecule has 1 N–H and O–H groups in total. The Morgan fingerprint density at radius 1 is 0.885 bits per heavy atom. The van der Waals surface area contributed by atoms with Crippen molar-refractivity contribution in [2.75, 3.05) is 6.61 Å². The van der Waals surface area contributed by atoms with Crippen LogP contribution in [0.25, 0.3) is 0 Å². The lowest BCUT2D eigenvalue weighted by Crippen LogP contribution is -2.18. The number of ether oxygens (including phenoxy) is 1. The van der Waals surface area contributed by atoms with Crippen molar-refractivity contribution in [1.29, 1.82) is 0 Å². The molecule has 3 heteroatoms. The first-order valence-corrected chi connectivity index (χ1v) is 8.66. The summed E-state index contributed by atoms with van der Waals surface area (Å²) in [5, 5.41) is 10.1. The van der Waals surface area contributed by atoms with E-state index in [-0.39, 0.29) is 6.61 Å². The van der Waals surface area contributed by atoms with Crippen molar-refractivity contribution in [2.45, 2.75) is 18.9 Å². The number of aliphatic hydroxyl groups is 1. The SMILES string of the molecule is OC(CCc1cccnc1)COc1ccc(C#Cc2ccccc2)cc1. The molecule has 26 heavy (non-hydrogen) atoms. The molecule has 0 aliphatic carbocycles. The Morgan fingerprint density at radius 2 is 1.62 bits per heavy atom. The minimum atomic E-state index is -0.507. The van der Waals surface area contributed by atoms with Gasteiger partial charge in [0, 0.05) is 23.5 Å². The second-order valence-corrected chi connectivity index (χ2v) is 6.01. The predicted octanol–water partition coefficient (Wildman–Crippen LogP) is 3.85. The maximum Gasteiger partial charge on any atom is 0.119 e. The quantitative estimate of drug-likeness (QED) is 0.691. The van der Waals surface area contributed by atoms with Gasteiger partial charge in [0.15, 0.2) is 0 Å². The van der Waals surface area contributed by atoms with Crippen LogP contribution < -0.4 is 4.74 Å². The van der Waals surface area contributed by atoms with Gasteiger partial charge in [0.25, 0.3) is 0 Å². The molecule has 0 amide bonds. The average molecular weight is 343 g/mol. The number of nitrogens with zero attached hydrogens (tertiary/aromatic N) is 1. The molecule has 1 heterocycles. The Bertz CT molecular complexity index is 849. The Balaban J connectivity index is 1.46. The zero-order chi connectivity index (χ0) is 18.0. The number of hydrogen-bond acceptors (Lipinski definition) is 3. The van der Waals surface area contributed by atoms with E-state index in [1.807, 2.05) is 72.9 Å². The third kappa shape index (κ3) is 5.77. The van der Waals surface area contributed by atoms with Crippen LogP contribution in [0.4, 0.5) is 0 Å². The highest BCUT2D eigenvalue weighted by molar-refractivity contribution is 5.44. The van der Waals surface area contributed by atoms with E-state index in [2.05, 4.69) is 16.8 Å². The highest BCUT2D eigenvalue weighted by Gasteiger charge is 2.06. The fourth-order valence-electron chi connectivity index (χ4n) is 2.46. The largest absolute Gasteiger partial charge is 0.491 e. The van der Waals surface area contributed by atoms with Gasteiger partial charge in [0.05, 0.1) is 6.10 Å². The maximum atomic E-state index is 10.1. The van der Waals surface area contributed by atoms with Crippen LogP contribution in [0.15, 0.2) is 79.1 Å². The smallest absolute Gasteiger partial charge is 0.119 e. The minimum absolute atomic E-state index is 0.273. The number of benzene rings is 2. The van der Waals surface area contributed by atoms with E-state index in [4.69, 9.17) is 4.74 Å². The van der Waals surface area contributed by atoms with Crippen LogP contribution in [0, 0.1) is 11.8 Å². The lowest BCUT2D eigenvalue weighted by Gasteiger charge is -2.12. The molecule has 0 aliphatic rings. The summed E-state index contributed by atoms with van der Waals surface area (Å²) >= 11 is 0. The summed E-state index contributed by atoms with van der Waals surface area (Å²) in [6.45, 7) is 0.273. The summed E-state index contributed by atoms with van der Waals surface area (Å²) < 4.78 is 5.66. The number of aliphatic hydroxyl groups excluding tert-OH is 1. The Morgan fingerprint density at radius 3 is 2.31 bits per heavy atom. The molecule has 0 aliphatic heterocycles. The first-order chi connectivity index (χ1) is 12.8. The molecule has 0 saturated carbocycles. The summed E-state index contributed by atoms with van der Waals surface area (Å²) in [6.07, 6.45) is 4.49. The Labute approximate surface area is 154 Å². The molecule has 130 valence electrons. The fraction of sp³-hybridized carbons (Fsp3) is 0.174. The van der Waals surface area contributed by atoms with Crippen LogP contribution in [0.5, 0.6) is 5.75 Å². The van der Waals surface area contributed by atoms with Gasteiger partial charge in [0.2, 0.25) is 0 Å². The third-order valence-corrected chi connectivity index (χ3v) is 3.91. The molecule has 0 saturated heterocycles. The molecule has 0 bridgehead atoms. The van der Waals surface area contributed by atoms with Gasteiger partial charge in [-0.25, -0.2) is 0 Å². The molecule has 3 nitrogen and oxygen atoms in total. The predicted molar refractivity (Wildman–Crippen MR) is 103 cm³/mol. The number of pyridine rings is 1. The molecule has 0 fully saturated rings. The second kappa shape index (κ2) is 9.41. The lowest BCUT2D eigenvalue weighted by molar-refractivity contribution is 0.100. The number of rotatable bonds is 6. The molecule has 3 rings (SSSR count). The van der Waals surface area contributed by atoms with Gasteiger partial charge in [-0.3, -0.25) is 4.98 Å². The van der Waals surface area contributed by atoms with Gasteiger partial charge in [-0.05, 0) is 60.9 Å². The molecule has 1 aromatic heterocycles. The summed E-state index contributed by atoms with van der Waals surface area (Å²) in [5.74, 6) is 6.99. The normalized spacial score (nSPS) is 11.3. The van der Waals surface area contributed by atoms with E-state index in [9.17, 15) is 5.11 Å². The van der Waals surface area contributed by atoms with Crippen LogP contribution in [-0.2, 0) is 6.42 Å². The number of aromatic nitrogens is 1. The van der Waals surface area contributed by atoms with Crippen molar-refractivity contribution in [3.63, 3.8) is 0 Å². The molecular weight excluding hydrogens is 322 g/mol. The van der Waals surface area contributed by atoms with E-state index in [0.29, 0.717) is 6.42 Å². The first-order valence-electron chi connectivity index (χ1n) is 8.66. The van der Waals surface area contributed by atoms with Gasteiger partial charge < -0.3 is 9.84 Å². The van der Waals surface area contributed by atoms with Gasteiger partial charge >= 0.3 is 0 Å². The van der Waals surface area contributed by atoms with Crippen molar-refractivity contribution in [3.8, 4) is 17.6 Å². The van der Waals surface area contributed by atoms with Crippen LogP contribution in [0.2, 0.25) is 0 Å². The molecule has 2 aromatic carbocycles. The van der Waals surface area contributed by atoms with Crippen LogP contribution >= 0.6 is 0 Å². The molecule has 1 unspecified atom stereocenters. The second-order valence-electron chi connectivity index (χ2n) is 6.01. The van der Waals surface area contributed by atoms with Crippen molar-refractivity contribution in [3.05, 3.63) is 95.8 Å². The number of aryl methyl sites for hydroxylation is 1. The van der Waals surface area contributed by atoms with Gasteiger partial charge in [-0.1, -0.05) is 36.1 Å². The summed E-state index contributed by atoms with van der Waals surface area (Å²) in [7, 11) is 0. The highest BCUT2D eigenvalue weighted by atomic mass is 16.5. The zero-order valence-electron chi connectivity index (χ0n) is 14.5. The minimum Gasteiger partial charge on any atom is -0.491 e. The van der Waals surface area contributed by atoms with Gasteiger partial charge in [-0.15, -0.1) is 0 Å². The van der Waals surface area contributed by atoms with Crippen LogP contribution in [0.1, 0.15) is 23.1 Å². The highest BCUT2D eigenvalue weighted by Crippen LogP contribution is 2.13. The van der Waals surface area contributed by atoms with Crippen molar-refractivity contribution >= 4 is 0 Å². The topological polar surface area (TPSA) is 42.4 Å². The van der Waals surface area contributed by atoms with E-state index in [0.717, 1.165) is 28.9 Å². The summed E-state index contributed by atoms with van der Waals surface area (Å²) in [6, 6.07) is 21.4. The third-order valence-electron chi connectivity index (χ3n) is 3.91. The maximum absolute atomic E-state index is 10.1. The average Bonchev–Trinajstić information content (AvgIpc) is 2.71. The zero-order valence-corrected chi connectivity index (χ0v) is 14.5. The molecule has 3 aromatic rings. The number of hydrogen-bond donors (Lipinski definition) is 1. The van der Waals surface area contributed by atoms with Gasteiger partial charge in [-0.2, -0.15) is 0 Å². The standard InChI is InChI=1S/C23H21NO2/c25-22(13-10-21-7-4-16-24-17-21)18-26-23-14-11-20(12-15-23)9-8-19-5-2-1-3-6-19/h1-7,11-12,14-17,22,25H,10,13,18H2. The molecular formula is C23H21NO2. The van der Waals surface area contributed by atoms with Gasteiger partial charge in [0.1, 0.15) is 12.4 Å². The van der Waals surface area contributed by atoms with Crippen molar-refractivity contribution < 1.29 is 9.84 Å². The molecule has 0 radical (unpaired) electrons. The first kappa shape index (κ1) is 17.7. The monoisotopic (exact) mass is 343 g/mol. The van der Waals surface area contributed by atoms with Crippen molar-refractivity contribution in [1.82, 2.24) is 4.98 Å². The van der Waals surface area contributed by atoms with E-state index in [1.54, 1.807) is 6.20 Å². The fourth-order valence-corrected chi connectivity index (χ4v) is 2.46.